The molecule has 1 aromatic carbocycles. The third-order valence-electron chi connectivity index (χ3n) is 3.32. The fourth-order valence-corrected chi connectivity index (χ4v) is 2.06. The number of hydrogen-bond acceptors (Lipinski definition) is 2. The van der Waals surface area contributed by atoms with Gasteiger partial charge in [-0.3, -0.25) is 4.79 Å². The minimum absolute atomic E-state index is 0.0637. The zero-order chi connectivity index (χ0) is 12.5. The molecule has 1 fully saturated rings. The summed E-state index contributed by atoms with van der Waals surface area (Å²) in [5.41, 5.74) is -0.643. The topological polar surface area (TPSA) is 57.6 Å². The quantitative estimate of drug-likeness (QED) is 0.786. The first-order valence-electron chi connectivity index (χ1n) is 5.63. The third-order valence-corrected chi connectivity index (χ3v) is 3.32. The highest BCUT2D eigenvalue weighted by molar-refractivity contribution is 5.83. The Hall–Kier alpha value is -1.84. The molecule has 0 aromatic heterocycles. The minimum Gasteiger partial charge on any atom is -0.479 e. The van der Waals surface area contributed by atoms with Crippen molar-refractivity contribution in [1.82, 2.24) is 4.90 Å². The van der Waals surface area contributed by atoms with Gasteiger partial charge in [-0.2, -0.15) is 0 Å². The van der Waals surface area contributed by atoms with Crippen molar-refractivity contribution in [1.29, 1.82) is 0 Å². The van der Waals surface area contributed by atoms with E-state index in [0.29, 0.717) is 12.0 Å². The average molecular weight is 233 g/mol. The van der Waals surface area contributed by atoms with Gasteiger partial charge in [0.25, 0.3) is 0 Å². The van der Waals surface area contributed by atoms with Gasteiger partial charge in [0.1, 0.15) is 0 Å². The van der Waals surface area contributed by atoms with Crippen molar-refractivity contribution in [3.8, 4) is 0 Å². The molecule has 1 aromatic rings. The molecule has 0 heterocycles. The van der Waals surface area contributed by atoms with Crippen molar-refractivity contribution in [2.45, 2.75) is 31.3 Å². The molecule has 1 unspecified atom stereocenters. The first-order valence-corrected chi connectivity index (χ1v) is 5.63. The molecule has 1 aliphatic carbocycles. The Labute approximate surface area is 99.9 Å². The van der Waals surface area contributed by atoms with Gasteiger partial charge in [0.15, 0.2) is 5.54 Å². The molecule has 1 saturated carbocycles. The molecule has 0 spiro atoms. The number of aliphatic carboxylic acids is 1. The largest absolute Gasteiger partial charge is 0.479 e. The predicted molar refractivity (Wildman–Crippen MR) is 62.4 cm³/mol. The average Bonchev–Trinajstić information content (AvgIpc) is 3.15. The van der Waals surface area contributed by atoms with Crippen LogP contribution in [-0.2, 0) is 15.1 Å². The summed E-state index contributed by atoms with van der Waals surface area (Å²) in [7, 11) is 0. The maximum absolute atomic E-state index is 11.6. The SMILES string of the molecule is CC(C(=O)O)(c1ccccc1)N(C=O)C1CC1. The number of amides is 1. The minimum atomic E-state index is -1.27. The van der Waals surface area contributed by atoms with Crippen LogP contribution in [0.25, 0.3) is 0 Å². The first-order chi connectivity index (χ1) is 8.10. The zero-order valence-electron chi connectivity index (χ0n) is 9.67. The summed E-state index contributed by atoms with van der Waals surface area (Å²) in [5, 5.41) is 9.46. The summed E-state index contributed by atoms with van der Waals surface area (Å²) in [6, 6.07) is 8.95. The highest BCUT2D eigenvalue weighted by atomic mass is 16.4. The van der Waals surface area contributed by atoms with E-state index in [-0.39, 0.29) is 6.04 Å². The van der Waals surface area contributed by atoms with E-state index in [1.165, 1.54) is 4.90 Å². The van der Waals surface area contributed by atoms with Gasteiger partial charge >= 0.3 is 5.97 Å². The lowest BCUT2D eigenvalue weighted by molar-refractivity contribution is -0.155. The van der Waals surface area contributed by atoms with Crippen molar-refractivity contribution >= 4 is 12.4 Å². The summed E-state index contributed by atoms with van der Waals surface area (Å²) >= 11 is 0. The summed E-state index contributed by atoms with van der Waals surface area (Å²) < 4.78 is 0. The lowest BCUT2D eigenvalue weighted by Crippen LogP contribution is -2.50. The molecule has 4 nitrogen and oxygen atoms in total. The molecule has 17 heavy (non-hydrogen) atoms. The van der Waals surface area contributed by atoms with Crippen LogP contribution in [0.2, 0.25) is 0 Å². The van der Waals surface area contributed by atoms with Crippen LogP contribution in [0.1, 0.15) is 25.3 Å². The lowest BCUT2D eigenvalue weighted by atomic mass is 9.90. The fraction of sp³-hybridized carbons (Fsp3) is 0.385. The monoisotopic (exact) mass is 233 g/mol. The van der Waals surface area contributed by atoms with Gasteiger partial charge in [-0.15, -0.1) is 0 Å². The Balaban J connectivity index is 2.45. The standard InChI is InChI=1S/C13H15NO3/c1-13(12(16)17,10-5-3-2-4-6-10)14(9-15)11-7-8-11/h2-6,9,11H,7-8H2,1H3,(H,16,17). The van der Waals surface area contributed by atoms with Gasteiger partial charge < -0.3 is 10.0 Å². The molecule has 0 bridgehead atoms. The second-order valence-electron chi connectivity index (χ2n) is 4.49. The molecule has 1 atom stereocenters. The van der Waals surface area contributed by atoms with E-state index < -0.39 is 11.5 Å². The Morgan fingerprint density at radius 2 is 2.00 bits per heavy atom. The second kappa shape index (κ2) is 4.20. The van der Waals surface area contributed by atoms with E-state index in [4.69, 9.17) is 0 Å². The van der Waals surface area contributed by atoms with Gasteiger partial charge in [0, 0.05) is 6.04 Å². The molecule has 4 heteroatoms. The van der Waals surface area contributed by atoms with Crippen molar-refractivity contribution in [3.63, 3.8) is 0 Å². The summed E-state index contributed by atoms with van der Waals surface area (Å²) in [6.07, 6.45) is 2.42. The summed E-state index contributed by atoms with van der Waals surface area (Å²) in [4.78, 5) is 24.1. The van der Waals surface area contributed by atoms with E-state index in [0.717, 1.165) is 12.8 Å². The Kier molecular flexibility index (Phi) is 2.88. The van der Waals surface area contributed by atoms with E-state index in [1.54, 1.807) is 31.2 Å². The molecular weight excluding hydrogens is 218 g/mol. The van der Waals surface area contributed by atoms with Crippen LogP contribution in [0.15, 0.2) is 30.3 Å². The van der Waals surface area contributed by atoms with Crippen LogP contribution < -0.4 is 0 Å². The molecule has 1 amide bonds. The van der Waals surface area contributed by atoms with Gasteiger partial charge in [-0.25, -0.2) is 4.79 Å². The van der Waals surface area contributed by atoms with E-state index in [1.807, 2.05) is 6.07 Å². The number of carbonyl (C=O) groups is 2. The highest BCUT2D eigenvalue weighted by Crippen LogP contribution is 2.37. The Bertz CT molecular complexity index is 428. The molecule has 1 N–H and O–H groups in total. The number of carbonyl (C=O) groups excluding carboxylic acids is 1. The molecule has 0 aliphatic heterocycles. The number of hydrogen-bond donors (Lipinski definition) is 1. The number of rotatable bonds is 5. The van der Waals surface area contributed by atoms with Crippen molar-refractivity contribution in [3.05, 3.63) is 35.9 Å². The predicted octanol–water partition coefficient (Wildman–Crippen LogP) is 1.61. The van der Waals surface area contributed by atoms with Crippen molar-refractivity contribution < 1.29 is 14.7 Å². The van der Waals surface area contributed by atoms with E-state index >= 15 is 0 Å². The number of carboxylic acids is 1. The normalized spacial score (nSPS) is 18.2. The smallest absolute Gasteiger partial charge is 0.334 e. The number of carboxylic acid groups (broad SMARTS) is 1. The van der Waals surface area contributed by atoms with Crippen LogP contribution in [0, 0.1) is 0 Å². The molecule has 1 aliphatic rings. The van der Waals surface area contributed by atoms with Crippen LogP contribution in [-0.4, -0.2) is 28.4 Å². The van der Waals surface area contributed by atoms with E-state index in [9.17, 15) is 14.7 Å². The van der Waals surface area contributed by atoms with Crippen LogP contribution >= 0.6 is 0 Å². The third kappa shape index (κ3) is 1.90. The van der Waals surface area contributed by atoms with Gasteiger partial charge in [0.2, 0.25) is 6.41 Å². The van der Waals surface area contributed by atoms with Crippen LogP contribution in [0.4, 0.5) is 0 Å². The maximum atomic E-state index is 11.6. The Morgan fingerprint density at radius 1 is 1.41 bits per heavy atom. The highest BCUT2D eigenvalue weighted by Gasteiger charge is 2.47. The van der Waals surface area contributed by atoms with E-state index in [2.05, 4.69) is 0 Å². The first kappa shape index (κ1) is 11.6. The summed E-state index contributed by atoms with van der Waals surface area (Å²) in [6.45, 7) is 1.58. The molecule has 0 saturated heterocycles. The van der Waals surface area contributed by atoms with Crippen LogP contribution in [0.5, 0.6) is 0 Å². The molecule has 90 valence electrons. The Morgan fingerprint density at radius 3 is 2.41 bits per heavy atom. The van der Waals surface area contributed by atoms with Crippen molar-refractivity contribution in [2.75, 3.05) is 0 Å². The maximum Gasteiger partial charge on any atom is 0.334 e. The number of benzene rings is 1. The van der Waals surface area contributed by atoms with Gasteiger partial charge in [-0.1, -0.05) is 30.3 Å². The number of nitrogens with zero attached hydrogens (tertiary/aromatic N) is 1. The zero-order valence-corrected chi connectivity index (χ0v) is 9.67. The van der Waals surface area contributed by atoms with Crippen LogP contribution in [0.3, 0.4) is 0 Å². The molecule has 2 rings (SSSR count). The van der Waals surface area contributed by atoms with Gasteiger partial charge in [-0.05, 0) is 25.3 Å². The lowest BCUT2D eigenvalue weighted by Gasteiger charge is -2.35. The summed E-state index contributed by atoms with van der Waals surface area (Å²) in [5.74, 6) is -0.997. The molecule has 0 radical (unpaired) electrons. The van der Waals surface area contributed by atoms with Gasteiger partial charge in [0.05, 0.1) is 0 Å². The van der Waals surface area contributed by atoms with Crippen molar-refractivity contribution in [2.24, 2.45) is 0 Å². The fourth-order valence-electron chi connectivity index (χ4n) is 2.06. The molecular formula is C13H15NO3. The second-order valence-corrected chi connectivity index (χ2v) is 4.49.